The van der Waals surface area contributed by atoms with Crippen LogP contribution in [0.2, 0.25) is 10.0 Å². The van der Waals surface area contributed by atoms with Crippen molar-refractivity contribution in [2.75, 3.05) is 0 Å². The van der Waals surface area contributed by atoms with Gasteiger partial charge in [0.05, 0.1) is 11.6 Å². The molecule has 0 spiro atoms. The second-order valence-corrected chi connectivity index (χ2v) is 4.36. The third kappa shape index (κ3) is 2.29. The van der Waals surface area contributed by atoms with E-state index in [2.05, 4.69) is 10.2 Å². The summed E-state index contributed by atoms with van der Waals surface area (Å²) in [7, 11) is 0. The van der Waals surface area contributed by atoms with Gasteiger partial charge in [-0.1, -0.05) is 23.2 Å². The molecule has 0 radical (unpaired) electrons. The van der Waals surface area contributed by atoms with Gasteiger partial charge in [-0.15, -0.1) is 10.2 Å². The molecule has 0 atom stereocenters. The molecule has 1 aromatic heterocycles. The van der Waals surface area contributed by atoms with E-state index in [9.17, 15) is 0 Å². The van der Waals surface area contributed by atoms with Crippen molar-refractivity contribution in [2.45, 2.75) is 20.0 Å². The van der Waals surface area contributed by atoms with Gasteiger partial charge in [-0.3, -0.25) is 0 Å². The summed E-state index contributed by atoms with van der Waals surface area (Å²) < 4.78 is 1.94. The van der Waals surface area contributed by atoms with Crippen LogP contribution in [0.25, 0.3) is 11.4 Å². The van der Waals surface area contributed by atoms with E-state index in [0.717, 1.165) is 23.8 Å². The van der Waals surface area contributed by atoms with Crippen molar-refractivity contribution in [3.63, 3.8) is 0 Å². The Balaban J connectivity index is 2.56. The Kier molecular flexibility index (Phi) is 3.66. The topological polar surface area (TPSA) is 56.7 Å². The van der Waals surface area contributed by atoms with Crippen LogP contribution in [-0.2, 0) is 13.1 Å². The summed E-state index contributed by atoms with van der Waals surface area (Å²) >= 11 is 12.0. The molecule has 1 aromatic carbocycles. The zero-order valence-corrected chi connectivity index (χ0v) is 10.8. The molecular formula is C11H12Cl2N4. The summed E-state index contributed by atoms with van der Waals surface area (Å²) in [6.07, 6.45) is 0. The molecule has 0 saturated carbocycles. The summed E-state index contributed by atoms with van der Waals surface area (Å²) in [6.45, 7) is 3.11. The minimum Gasteiger partial charge on any atom is -0.324 e. The summed E-state index contributed by atoms with van der Waals surface area (Å²) in [5.74, 6) is 1.46. The number of rotatable bonds is 3. The number of halogens is 2. The lowest BCUT2D eigenvalue weighted by Crippen LogP contribution is -2.08. The van der Waals surface area contributed by atoms with Crippen molar-refractivity contribution in [3.8, 4) is 11.4 Å². The van der Waals surface area contributed by atoms with Crippen molar-refractivity contribution in [1.82, 2.24) is 14.8 Å². The van der Waals surface area contributed by atoms with Gasteiger partial charge in [-0.25, -0.2) is 0 Å². The van der Waals surface area contributed by atoms with E-state index in [-0.39, 0.29) is 0 Å². The molecule has 2 rings (SSSR count). The molecule has 0 aliphatic carbocycles. The number of nitrogens with zero attached hydrogens (tertiary/aromatic N) is 3. The summed E-state index contributed by atoms with van der Waals surface area (Å²) in [5.41, 5.74) is 6.41. The molecule has 4 nitrogen and oxygen atoms in total. The third-order valence-electron chi connectivity index (χ3n) is 2.50. The Bertz CT molecular complexity index is 536. The highest BCUT2D eigenvalue weighted by Crippen LogP contribution is 2.29. The van der Waals surface area contributed by atoms with Gasteiger partial charge in [0.25, 0.3) is 0 Å². The number of aromatic nitrogens is 3. The highest BCUT2D eigenvalue weighted by molar-refractivity contribution is 6.36. The van der Waals surface area contributed by atoms with Crippen LogP contribution in [0.4, 0.5) is 0 Å². The molecule has 2 N–H and O–H groups in total. The Morgan fingerprint density at radius 3 is 2.65 bits per heavy atom. The Morgan fingerprint density at radius 1 is 1.29 bits per heavy atom. The van der Waals surface area contributed by atoms with E-state index in [0.29, 0.717) is 16.6 Å². The lowest BCUT2D eigenvalue weighted by atomic mass is 10.2. The van der Waals surface area contributed by atoms with Gasteiger partial charge >= 0.3 is 0 Å². The van der Waals surface area contributed by atoms with Gasteiger partial charge in [-0.05, 0) is 25.1 Å². The first-order valence-electron chi connectivity index (χ1n) is 5.25. The number of hydrogen-bond donors (Lipinski definition) is 1. The van der Waals surface area contributed by atoms with E-state index >= 15 is 0 Å². The molecular weight excluding hydrogens is 259 g/mol. The predicted molar refractivity (Wildman–Crippen MR) is 69.0 cm³/mol. The Hall–Kier alpha value is -1.10. The SMILES string of the molecule is CCn1c(CN)nnc1-c1ccc(Cl)cc1Cl. The highest BCUT2D eigenvalue weighted by atomic mass is 35.5. The van der Waals surface area contributed by atoms with Crippen LogP contribution >= 0.6 is 23.2 Å². The first kappa shape index (κ1) is 12.4. The molecule has 0 bridgehead atoms. The van der Waals surface area contributed by atoms with Crippen LogP contribution in [0.5, 0.6) is 0 Å². The molecule has 6 heteroatoms. The quantitative estimate of drug-likeness (QED) is 0.933. The molecule has 0 amide bonds. The van der Waals surface area contributed by atoms with Crippen molar-refractivity contribution < 1.29 is 0 Å². The maximum Gasteiger partial charge on any atom is 0.165 e. The molecule has 0 aliphatic rings. The maximum atomic E-state index is 6.15. The zero-order valence-electron chi connectivity index (χ0n) is 9.32. The standard InChI is InChI=1S/C11H12Cl2N4/c1-2-17-10(6-14)15-16-11(17)8-4-3-7(12)5-9(8)13/h3-5H,2,6,14H2,1H3. The van der Waals surface area contributed by atoms with Crippen LogP contribution in [0.1, 0.15) is 12.7 Å². The molecule has 0 aliphatic heterocycles. The fourth-order valence-corrected chi connectivity index (χ4v) is 2.18. The predicted octanol–water partition coefficient (Wildman–Crippen LogP) is 2.73. The smallest absolute Gasteiger partial charge is 0.165 e. The van der Waals surface area contributed by atoms with Gasteiger partial charge in [0.15, 0.2) is 5.82 Å². The second-order valence-electron chi connectivity index (χ2n) is 3.51. The first-order valence-corrected chi connectivity index (χ1v) is 6.00. The molecule has 0 unspecified atom stereocenters. The average molecular weight is 271 g/mol. The Morgan fingerprint density at radius 2 is 2.06 bits per heavy atom. The van der Waals surface area contributed by atoms with E-state index in [1.807, 2.05) is 17.6 Å². The van der Waals surface area contributed by atoms with Crippen LogP contribution in [0.15, 0.2) is 18.2 Å². The second kappa shape index (κ2) is 5.04. The molecule has 2 aromatic rings. The van der Waals surface area contributed by atoms with Gasteiger partial charge in [0.1, 0.15) is 5.82 Å². The van der Waals surface area contributed by atoms with Crippen LogP contribution in [-0.4, -0.2) is 14.8 Å². The van der Waals surface area contributed by atoms with Crippen molar-refractivity contribution >= 4 is 23.2 Å². The fourth-order valence-electron chi connectivity index (χ4n) is 1.69. The molecule has 17 heavy (non-hydrogen) atoms. The normalized spacial score (nSPS) is 10.8. The zero-order chi connectivity index (χ0) is 12.4. The Labute approximate surface area is 109 Å². The average Bonchev–Trinajstić information content (AvgIpc) is 2.71. The van der Waals surface area contributed by atoms with Crippen LogP contribution in [0.3, 0.4) is 0 Å². The van der Waals surface area contributed by atoms with E-state index in [1.165, 1.54) is 0 Å². The molecule has 0 saturated heterocycles. The third-order valence-corrected chi connectivity index (χ3v) is 3.05. The van der Waals surface area contributed by atoms with Gasteiger partial charge < -0.3 is 10.3 Å². The van der Waals surface area contributed by atoms with Gasteiger partial charge in [-0.2, -0.15) is 0 Å². The largest absolute Gasteiger partial charge is 0.324 e. The molecule has 0 fully saturated rings. The minimum atomic E-state index is 0.353. The van der Waals surface area contributed by atoms with Crippen LogP contribution < -0.4 is 5.73 Å². The van der Waals surface area contributed by atoms with E-state index in [1.54, 1.807) is 12.1 Å². The van der Waals surface area contributed by atoms with Gasteiger partial charge in [0.2, 0.25) is 0 Å². The maximum absolute atomic E-state index is 6.15. The summed E-state index contributed by atoms with van der Waals surface area (Å²) in [4.78, 5) is 0. The minimum absolute atomic E-state index is 0.353. The first-order chi connectivity index (χ1) is 8.17. The van der Waals surface area contributed by atoms with Crippen molar-refractivity contribution in [3.05, 3.63) is 34.1 Å². The highest BCUT2D eigenvalue weighted by Gasteiger charge is 2.14. The van der Waals surface area contributed by atoms with Crippen LogP contribution in [0, 0.1) is 0 Å². The van der Waals surface area contributed by atoms with E-state index < -0.39 is 0 Å². The molecule has 1 heterocycles. The lowest BCUT2D eigenvalue weighted by Gasteiger charge is -2.07. The lowest BCUT2D eigenvalue weighted by molar-refractivity contribution is 0.704. The number of benzene rings is 1. The van der Waals surface area contributed by atoms with Crippen molar-refractivity contribution in [1.29, 1.82) is 0 Å². The summed E-state index contributed by atoms with van der Waals surface area (Å²) in [6, 6.07) is 5.30. The summed E-state index contributed by atoms with van der Waals surface area (Å²) in [5, 5.41) is 9.32. The number of hydrogen-bond acceptors (Lipinski definition) is 3. The fraction of sp³-hybridized carbons (Fsp3) is 0.273. The number of nitrogens with two attached hydrogens (primary N) is 1. The van der Waals surface area contributed by atoms with Crippen molar-refractivity contribution in [2.24, 2.45) is 5.73 Å². The van der Waals surface area contributed by atoms with E-state index in [4.69, 9.17) is 28.9 Å². The molecule has 90 valence electrons. The van der Waals surface area contributed by atoms with Gasteiger partial charge in [0, 0.05) is 17.1 Å². The monoisotopic (exact) mass is 270 g/mol.